The zero-order valence-corrected chi connectivity index (χ0v) is 18.5. The molecular formula is C18H27N3O6S2. The van der Waals surface area contributed by atoms with Crippen molar-refractivity contribution < 1.29 is 26.4 Å². The maximum absolute atomic E-state index is 13.2. The van der Waals surface area contributed by atoms with Crippen LogP contribution in [0.3, 0.4) is 0 Å². The number of sulfone groups is 1. The number of carbonyl (C=O) groups is 1. The lowest BCUT2D eigenvalue weighted by Crippen LogP contribution is -2.47. The van der Waals surface area contributed by atoms with Crippen molar-refractivity contribution in [2.75, 3.05) is 56.8 Å². The minimum absolute atomic E-state index is 0.00820. The van der Waals surface area contributed by atoms with Gasteiger partial charge in [-0.25, -0.2) is 21.1 Å². The summed E-state index contributed by atoms with van der Waals surface area (Å²) in [6.07, 6.45) is 0.323. The largest absolute Gasteiger partial charge is 0.378 e. The van der Waals surface area contributed by atoms with E-state index in [0.717, 1.165) is 4.31 Å². The minimum atomic E-state index is -3.73. The molecule has 2 saturated heterocycles. The Kier molecular flexibility index (Phi) is 5.96. The smallest absolute Gasteiger partial charge is 0.253 e. The van der Waals surface area contributed by atoms with E-state index in [1.165, 1.54) is 26.2 Å². The average molecular weight is 446 g/mol. The second-order valence-corrected chi connectivity index (χ2v) is 12.3. The molecule has 0 aliphatic carbocycles. The molecule has 162 valence electrons. The van der Waals surface area contributed by atoms with Gasteiger partial charge in [0.1, 0.15) is 0 Å². The number of amides is 1. The standard InChI is InChI=1S/C18H27N3O6S2/c1-18(6-11-28(23,24)13-18)19-17(22)15-12-14(29(25,26)20(2)3)4-5-16(15)21-7-9-27-10-8-21/h4-5,12H,6-11,13H2,1-3H3,(H,19,22)/t18-/m1/s1. The SMILES string of the molecule is CN(C)S(=O)(=O)c1ccc(N2CCOCC2)c(C(=O)N[C@]2(C)CCS(=O)(=O)C2)c1. The van der Waals surface area contributed by atoms with E-state index in [0.29, 0.717) is 38.4 Å². The van der Waals surface area contributed by atoms with Crippen LogP contribution in [0.1, 0.15) is 23.7 Å². The number of rotatable bonds is 5. The summed E-state index contributed by atoms with van der Waals surface area (Å²) in [7, 11) is -4.07. The molecule has 2 heterocycles. The van der Waals surface area contributed by atoms with Crippen LogP contribution < -0.4 is 10.2 Å². The Bertz CT molecular complexity index is 1000. The van der Waals surface area contributed by atoms with Crippen molar-refractivity contribution in [1.82, 2.24) is 9.62 Å². The fourth-order valence-electron chi connectivity index (χ4n) is 3.60. The van der Waals surface area contributed by atoms with Gasteiger partial charge in [0.2, 0.25) is 10.0 Å². The molecule has 9 nitrogen and oxygen atoms in total. The van der Waals surface area contributed by atoms with Crippen LogP contribution in [-0.4, -0.2) is 84.5 Å². The van der Waals surface area contributed by atoms with Crippen molar-refractivity contribution in [2.45, 2.75) is 23.8 Å². The molecule has 0 unspecified atom stereocenters. The van der Waals surface area contributed by atoms with E-state index in [-0.39, 0.29) is 22.0 Å². The molecule has 29 heavy (non-hydrogen) atoms. The van der Waals surface area contributed by atoms with Gasteiger partial charge < -0.3 is 15.0 Å². The molecule has 1 amide bonds. The number of benzene rings is 1. The van der Waals surface area contributed by atoms with E-state index in [2.05, 4.69) is 5.32 Å². The Morgan fingerprint density at radius 2 is 1.90 bits per heavy atom. The number of ether oxygens (including phenoxy) is 1. The number of hydrogen-bond acceptors (Lipinski definition) is 7. The second kappa shape index (κ2) is 7.86. The van der Waals surface area contributed by atoms with Crippen molar-refractivity contribution in [2.24, 2.45) is 0 Å². The highest BCUT2D eigenvalue weighted by molar-refractivity contribution is 7.91. The van der Waals surface area contributed by atoms with E-state index in [1.807, 2.05) is 4.90 Å². The molecule has 3 rings (SSSR count). The molecule has 1 N–H and O–H groups in total. The lowest BCUT2D eigenvalue weighted by molar-refractivity contribution is 0.0914. The number of nitrogens with zero attached hydrogens (tertiary/aromatic N) is 2. The first kappa shape index (κ1) is 22.0. The molecule has 2 fully saturated rings. The van der Waals surface area contributed by atoms with E-state index in [1.54, 1.807) is 13.0 Å². The van der Waals surface area contributed by atoms with Crippen molar-refractivity contribution in [3.8, 4) is 0 Å². The molecule has 2 aliphatic rings. The van der Waals surface area contributed by atoms with E-state index >= 15 is 0 Å². The van der Waals surface area contributed by atoms with Crippen LogP contribution in [0.15, 0.2) is 23.1 Å². The molecule has 0 bridgehead atoms. The maximum Gasteiger partial charge on any atom is 0.253 e. The summed E-state index contributed by atoms with van der Waals surface area (Å²) in [6, 6.07) is 4.48. The number of nitrogens with one attached hydrogen (secondary N) is 1. The molecule has 0 aromatic heterocycles. The van der Waals surface area contributed by atoms with Gasteiger partial charge >= 0.3 is 0 Å². The lowest BCUT2D eigenvalue weighted by Gasteiger charge is -2.31. The first-order valence-electron chi connectivity index (χ1n) is 9.36. The molecule has 1 atom stereocenters. The highest BCUT2D eigenvalue weighted by atomic mass is 32.2. The van der Waals surface area contributed by atoms with Crippen LogP contribution in [0, 0.1) is 0 Å². The summed E-state index contributed by atoms with van der Waals surface area (Å²) in [5, 5.41) is 2.83. The van der Waals surface area contributed by atoms with E-state index in [9.17, 15) is 21.6 Å². The van der Waals surface area contributed by atoms with Crippen LogP contribution >= 0.6 is 0 Å². The Morgan fingerprint density at radius 3 is 2.45 bits per heavy atom. The van der Waals surface area contributed by atoms with Crippen LogP contribution in [0.25, 0.3) is 0 Å². The molecule has 0 saturated carbocycles. The fraction of sp³-hybridized carbons (Fsp3) is 0.611. The first-order valence-corrected chi connectivity index (χ1v) is 12.6. The van der Waals surface area contributed by atoms with Gasteiger partial charge in [-0.3, -0.25) is 4.79 Å². The highest BCUT2D eigenvalue weighted by Gasteiger charge is 2.40. The fourth-order valence-corrected chi connectivity index (χ4v) is 6.62. The molecule has 1 aromatic carbocycles. The monoisotopic (exact) mass is 445 g/mol. The van der Waals surface area contributed by atoms with Gasteiger partial charge in [-0.1, -0.05) is 0 Å². The third kappa shape index (κ3) is 4.73. The normalized spacial score (nSPS) is 24.6. The van der Waals surface area contributed by atoms with Crippen molar-refractivity contribution in [3.63, 3.8) is 0 Å². The summed E-state index contributed by atoms with van der Waals surface area (Å²) >= 11 is 0. The topological polar surface area (TPSA) is 113 Å². The minimum Gasteiger partial charge on any atom is -0.378 e. The van der Waals surface area contributed by atoms with Crippen LogP contribution in [0.4, 0.5) is 5.69 Å². The Morgan fingerprint density at radius 1 is 1.24 bits per heavy atom. The summed E-state index contributed by atoms with van der Waals surface area (Å²) < 4.78 is 55.4. The Labute approximate surface area is 172 Å². The molecular weight excluding hydrogens is 418 g/mol. The van der Waals surface area contributed by atoms with Crippen molar-refractivity contribution in [1.29, 1.82) is 0 Å². The number of hydrogen-bond donors (Lipinski definition) is 1. The molecule has 1 aromatic rings. The highest BCUT2D eigenvalue weighted by Crippen LogP contribution is 2.28. The van der Waals surface area contributed by atoms with Gasteiger partial charge in [-0.05, 0) is 31.5 Å². The number of carbonyl (C=O) groups excluding carboxylic acids is 1. The predicted octanol–water partition coefficient (Wildman–Crippen LogP) is 0.0805. The predicted molar refractivity (Wildman–Crippen MR) is 109 cm³/mol. The molecule has 11 heteroatoms. The average Bonchev–Trinajstić information content (AvgIpc) is 2.94. The van der Waals surface area contributed by atoms with Gasteiger partial charge in [-0.15, -0.1) is 0 Å². The number of anilines is 1. The number of morpholine rings is 1. The van der Waals surface area contributed by atoms with Gasteiger partial charge in [-0.2, -0.15) is 0 Å². The maximum atomic E-state index is 13.2. The van der Waals surface area contributed by atoms with Gasteiger partial charge in [0.25, 0.3) is 5.91 Å². The van der Waals surface area contributed by atoms with Crippen LogP contribution in [0.2, 0.25) is 0 Å². The zero-order valence-electron chi connectivity index (χ0n) is 16.8. The summed E-state index contributed by atoms with van der Waals surface area (Å²) in [5.74, 6) is -0.592. The number of sulfonamides is 1. The van der Waals surface area contributed by atoms with Gasteiger partial charge in [0.05, 0.1) is 40.7 Å². The third-order valence-corrected chi connectivity index (χ3v) is 8.98. The van der Waals surface area contributed by atoms with Crippen LogP contribution in [0.5, 0.6) is 0 Å². The van der Waals surface area contributed by atoms with Crippen LogP contribution in [-0.2, 0) is 24.6 Å². The quantitative estimate of drug-likeness (QED) is 0.683. The lowest BCUT2D eigenvalue weighted by atomic mass is 10.0. The summed E-state index contributed by atoms with van der Waals surface area (Å²) in [4.78, 5) is 15.1. The third-order valence-electron chi connectivity index (χ3n) is 5.26. The van der Waals surface area contributed by atoms with E-state index in [4.69, 9.17) is 4.74 Å². The first-order chi connectivity index (χ1) is 13.4. The summed E-state index contributed by atoms with van der Waals surface area (Å²) in [6.45, 7) is 3.87. The summed E-state index contributed by atoms with van der Waals surface area (Å²) in [5.41, 5.74) is -0.0671. The van der Waals surface area contributed by atoms with Gasteiger partial charge in [0.15, 0.2) is 9.84 Å². The molecule has 2 aliphatic heterocycles. The van der Waals surface area contributed by atoms with Gasteiger partial charge in [0, 0.05) is 32.9 Å². The Hall–Kier alpha value is -1.69. The zero-order chi connectivity index (χ0) is 21.4. The molecule has 0 spiro atoms. The van der Waals surface area contributed by atoms with E-state index < -0.39 is 31.3 Å². The van der Waals surface area contributed by atoms with Crippen molar-refractivity contribution >= 4 is 31.5 Å². The second-order valence-electron chi connectivity index (χ2n) is 7.92. The Balaban J connectivity index is 2.00. The van der Waals surface area contributed by atoms with Crippen molar-refractivity contribution in [3.05, 3.63) is 23.8 Å². The molecule has 0 radical (unpaired) electrons.